The van der Waals surface area contributed by atoms with E-state index >= 15 is 0 Å². The van der Waals surface area contributed by atoms with Crippen LogP contribution in [-0.4, -0.2) is 16.6 Å². The van der Waals surface area contributed by atoms with Crippen molar-refractivity contribution < 1.29 is 0 Å². The predicted octanol–water partition coefficient (Wildman–Crippen LogP) is 3.35. The molecule has 0 saturated heterocycles. The number of hydrogen-bond acceptors (Lipinski definition) is 4. The van der Waals surface area contributed by atoms with Crippen molar-refractivity contribution in [3.8, 4) is 0 Å². The summed E-state index contributed by atoms with van der Waals surface area (Å²) in [5.74, 6) is 0. The third-order valence-corrected chi connectivity index (χ3v) is 4.16. The summed E-state index contributed by atoms with van der Waals surface area (Å²) in [6.45, 7) is 0. The summed E-state index contributed by atoms with van der Waals surface area (Å²) in [6, 6.07) is 5.83. The molecule has 1 aromatic carbocycles. The maximum absolute atomic E-state index is 6.17. The van der Waals surface area contributed by atoms with Crippen LogP contribution in [0.1, 0.15) is 16.5 Å². The van der Waals surface area contributed by atoms with Crippen molar-refractivity contribution in [3.63, 3.8) is 0 Å². The Labute approximate surface area is 114 Å². The maximum Gasteiger partial charge on any atom is 0.0669 e. The van der Waals surface area contributed by atoms with Gasteiger partial charge in [0.2, 0.25) is 0 Å². The molecule has 90 valence electrons. The lowest BCUT2D eigenvalue weighted by Crippen LogP contribution is -2.17. The van der Waals surface area contributed by atoms with Crippen molar-refractivity contribution >= 4 is 34.7 Å². The lowest BCUT2D eigenvalue weighted by atomic mass is 10.1. The zero-order valence-electron chi connectivity index (χ0n) is 9.15. The molecule has 1 N–H and O–H groups in total. The van der Waals surface area contributed by atoms with Crippen molar-refractivity contribution in [2.24, 2.45) is 0 Å². The molecule has 3 nitrogen and oxygen atoms in total. The smallest absolute Gasteiger partial charge is 0.0669 e. The molecule has 1 heterocycles. The van der Waals surface area contributed by atoms with E-state index < -0.39 is 0 Å². The molecule has 0 aliphatic rings. The molecule has 0 aliphatic heterocycles. The number of aromatic nitrogens is 2. The van der Waals surface area contributed by atoms with Crippen LogP contribution in [0.15, 0.2) is 24.4 Å². The second-order valence-electron chi connectivity index (χ2n) is 3.58. The van der Waals surface area contributed by atoms with Gasteiger partial charge in [-0.2, -0.15) is 0 Å². The first-order valence-corrected chi connectivity index (χ1v) is 6.62. The number of rotatable bonds is 4. The Morgan fingerprint density at radius 2 is 2.24 bits per heavy atom. The molecule has 0 fully saturated rings. The minimum Gasteiger partial charge on any atom is -0.312 e. The molecule has 0 amide bonds. The molecule has 0 saturated carbocycles. The average molecular weight is 288 g/mol. The molecule has 2 rings (SSSR count). The molecule has 17 heavy (non-hydrogen) atoms. The van der Waals surface area contributed by atoms with Crippen LogP contribution in [0.25, 0.3) is 0 Å². The van der Waals surface area contributed by atoms with Gasteiger partial charge >= 0.3 is 0 Å². The summed E-state index contributed by atoms with van der Waals surface area (Å²) in [5.41, 5.74) is 1.02. The monoisotopic (exact) mass is 287 g/mol. The number of halogens is 2. The van der Waals surface area contributed by atoms with Crippen LogP contribution in [0.3, 0.4) is 0 Å². The summed E-state index contributed by atoms with van der Waals surface area (Å²) in [6.07, 6.45) is 2.53. The normalized spacial score (nSPS) is 12.6. The van der Waals surface area contributed by atoms with Crippen LogP contribution in [0.4, 0.5) is 0 Å². The van der Waals surface area contributed by atoms with Gasteiger partial charge in [-0.25, -0.2) is 0 Å². The first kappa shape index (κ1) is 12.8. The fraction of sp³-hybridized carbons (Fsp3) is 0.273. The highest BCUT2D eigenvalue weighted by atomic mass is 35.5. The van der Waals surface area contributed by atoms with E-state index in [-0.39, 0.29) is 6.04 Å². The van der Waals surface area contributed by atoms with Crippen molar-refractivity contribution in [1.29, 1.82) is 0 Å². The van der Waals surface area contributed by atoms with Gasteiger partial charge in [-0.15, -0.1) is 5.10 Å². The van der Waals surface area contributed by atoms with Gasteiger partial charge in [-0.3, -0.25) is 0 Å². The Bertz CT molecular complexity index is 487. The Morgan fingerprint density at radius 3 is 2.88 bits per heavy atom. The zero-order chi connectivity index (χ0) is 12.3. The van der Waals surface area contributed by atoms with E-state index in [1.54, 1.807) is 12.3 Å². The minimum absolute atomic E-state index is 0.158. The highest BCUT2D eigenvalue weighted by Crippen LogP contribution is 2.29. The van der Waals surface area contributed by atoms with Gasteiger partial charge in [0.15, 0.2) is 0 Å². The largest absolute Gasteiger partial charge is 0.312 e. The number of likely N-dealkylation sites (N-methyl/N-ethyl adjacent to an activating group) is 1. The molecule has 0 spiro atoms. The molecular weight excluding hydrogens is 277 g/mol. The van der Waals surface area contributed by atoms with Gasteiger partial charge in [-0.05, 0) is 36.6 Å². The van der Waals surface area contributed by atoms with Gasteiger partial charge in [0.25, 0.3) is 0 Å². The van der Waals surface area contributed by atoms with Crippen LogP contribution < -0.4 is 5.32 Å². The Hall–Kier alpha value is -0.680. The van der Waals surface area contributed by atoms with Crippen LogP contribution in [0, 0.1) is 0 Å². The topological polar surface area (TPSA) is 37.8 Å². The minimum atomic E-state index is 0.158. The second-order valence-corrected chi connectivity index (χ2v) is 5.18. The van der Waals surface area contributed by atoms with Crippen LogP contribution in [0.5, 0.6) is 0 Å². The van der Waals surface area contributed by atoms with Crippen molar-refractivity contribution in [2.75, 3.05) is 7.05 Å². The maximum atomic E-state index is 6.17. The molecule has 6 heteroatoms. The molecule has 0 bridgehead atoms. The zero-order valence-corrected chi connectivity index (χ0v) is 11.5. The quantitative estimate of drug-likeness (QED) is 0.937. The molecule has 2 aromatic rings. The van der Waals surface area contributed by atoms with E-state index in [4.69, 9.17) is 23.2 Å². The van der Waals surface area contributed by atoms with E-state index in [2.05, 4.69) is 14.9 Å². The highest BCUT2D eigenvalue weighted by Gasteiger charge is 2.15. The summed E-state index contributed by atoms with van der Waals surface area (Å²) in [5, 5.41) is 8.27. The third kappa shape index (κ3) is 2.96. The van der Waals surface area contributed by atoms with Crippen molar-refractivity contribution in [1.82, 2.24) is 14.9 Å². The Morgan fingerprint density at radius 1 is 1.41 bits per heavy atom. The summed E-state index contributed by atoms with van der Waals surface area (Å²) >= 11 is 13.5. The van der Waals surface area contributed by atoms with E-state index in [1.165, 1.54) is 11.5 Å². The third-order valence-electron chi connectivity index (χ3n) is 2.53. The van der Waals surface area contributed by atoms with Crippen LogP contribution in [0.2, 0.25) is 10.0 Å². The van der Waals surface area contributed by atoms with E-state index in [0.29, 0.717) is 10.0 Å². The fourth-order valence-electron chi connectivity index (χ4n) is 1.60. The number of nitrogens with one attached hydrogen (secondary N) is 1. The number of hydrogen-bond donors (Lipinski definition) is 1. The van der Waals surface area contributed by atoms with E-state index in [0.717, 1.165) is 16.9 Å². The molecule has 1 aromatic heterocycles. The lowest BCUT2D eigenvalue weighted by Gasteiger charge is -2.14. The van der Waals surface area contributed by atoms with E-state index in [1.807, 2.05) is 19.2 Å². The second kappa shape index (κ2) is 5.78. The Kier molecular flexibility index (Phi) is 4.34. The number of nitrogens with zero attached hydrogens (tertiary/aromatic N) is 2. The van der Waals surface area contributed by atoms with Gasteiger partial charge in [0.1, 0.15) is 0 Å². The molecular formula is C11H11Cl2N3S. The summed E-state index contributed by atoms with van der Waals surface area (Å²) in [7, 11) is 1.91. The van der Waals surface area contributed by atoms with Crippen molar-refractivity contribution in [2.45, 2.75) is 12.5 Å². The van der Waals surface area contributed by atoms with E-state index in [9.17, 15) is 0 Å². The Balaban J connectivity index is 2.22. The van der Waals surface area contributed by atoms with Gasteiger partial charge in [0.05, 0.1) is 21.1 Å². The number of benzene rings is 1. The SMILES string of the molecule is CNC(Cc1cccc(Cl)c1Cl)c1cnns1. The van der Waals surface area contributed by atoms with Gasteiger partial charge in [0, 0.05) is 6.04 Å². The summed E-state index contributed by atoms with van der Waals surface area (Å²) in [4.78, 5) is 1.09. The first-order valence-electron chi connectivity index (χ1n) is 5.09. The highest BCUT2D eigenvalue weighted by molar-refractivity contribution is 7.05. The molecule has 0 aliphatic carbocycles. The van der Waals surface area contributed by atoms with Crippen LogP contribution in [-0.2, 0) is 6.42 Å². The molecule has 1 atom stereocenters. The molecule has 1 unspecified atom stereocenters. The molecule has 0 radical (unpaired) electrons. The van der Waals surface area contributed by atoms with Crippen LogP contribution >= 0.6 is 34.7 Å². The average Bonchev–Trinajstić information content (AvgIpc) is 2.85. The van der Waals surface area contributed by atoms with Gasteiger partial charge < -0.3 is 5.32 Å². The fourth-order valence-corrected chi connectivity index (χ4v) is 2.61. The standard InChI is InChI=1S/C11H11Cl2N3S/c1-14-9(10-6-15-16-17-10)5-7-3-2-4-8(12)11(7)13/h2-4,6,9,14H,5H2,1H3. The lowest BCUT2D eigenvalue weighted by molar-refractivity contribution is 0.601. The van der Waals surface area contributed by atoms with Crippen molar-refractivity contribution in [3.05, 3.63) is 44.9 Å². The first-order chi connectivity index (χ1) is 8.22. The van der Waals surface area contributed by atoms with Gasteiger partial charge in [-0.1, -0.05) is 39.8 Å². The predicted molar refractivity (Wildman–Crippen MR) is 71.9 cm³/mol. The summed E-state index contributed by atoms with van der Waals surface area (Å²) < 4.78 is 3.87.